The van der Waals surface area contributed by atoms with Crippen LogP contribution in [-0.4, -0.2) is 122 Å². The molecule has 3 N–H and O–H groups in total. The number of nitrogens with one attached hydrogen (secondary N) is 2. The van der Waals surface area contributed by atoms with Gasteiger partial charge in [0.1, 0.15) is 53.1 Å². The quantitative estimate of drug-likeness (QED) is 0.172. The van der Waals surface area contributed by atoms with Crippen LogP contribution in [0.5, 0.6) is 0 Å². The predicted octanol–water partition coefficient (Wildman–Crippen LogP) is -6.32. The van der Waals surface area contributed by atoms with Crippen LogP contribution in [0.4, 0.5) is 0 Å². The van der Waals surface area contributed by atoms with Crippen LogP contribution in [-0.2, 0) is 32.2 Å². The van der Waals surface area contributed by atoms with Crippen molar-refractivity contribution in [2.24, 2.45) is 0 Å². The van der Waals surface area contributed by atoms with Gasteiger partial charge in [0.15, 0.2) is 7.85 Å². The molecule has 16 heteroatoms. The van der Waals surface area contributed by atoms with E-state index in [1.165, 1.54) is 0 Å². The molecule has 1 aromatic rings. The average molecular weight is 563 g/mol. The van der Waals surface area contributed by atoms with Crippen LogP contribution < -0.4 is 10.6 Å². The highest BCUT2D eigenvalue weighted by atomic mass is 16.5. The molecule has 3 saturated heterocycles. The van der Waals surface area contributed by atoms with Gasteiger partial charge in [-0.3, -0.25) is 24.6 Å². The summed E-state index contributed by atoms with van der Waals surface area (Å²) in [6.07, 6.45) is 7.81. The largest absolute Gasteiger partial charge is 0.400 e. The molecular weight excluding hydrogens is 524 g/mol. The number of morpholine rings is 1. The third-order valence-electron chi connectivity index (χ3n) is 9.49. The van der Waals surface area contributed by atoms with Gasteiger partial charge in [0.05, 0.1) is 5.62 Å². The molecule has 0 saturated carbocycles. The van der Waals surface area contributed by atoms with Gasteiger partial charge in [0.2, 0.25) is 11.8 Å². The second-order valence-electron chi connectivity index (χ2n) is 13.2. The fourth-order valence-electron chi connectivity index (χ4n) is 6.00. The first-order chi connectivity index (χ1) is 19.5. The lowest BCUT2D eigenvalue weighted by Crippen LogP contribution is -2.85. The van der Waals surface area contributed by atoms with Crippen molar-refractivity contribution in [3.63, 3.8) is 0 Å². The van der Waals surface area contributed by atoms with Crippen molar-refractivity contribution >= 4 is 72.6 Å². The van der Waals surface area contributed by atoms with E-state index in [4.69, 9.17) is 4.74 Å². The number of piperidine rings is 1. The van der Waals surface area contributed by atoms with E-state index in [2.05, 4.69) is 71.2 Å². The first-order valence-electron chi connectivity index (χ1n) is 14.7. The van der Waals surface area contributed by atoms with Gasteiger partial charge in [-0.15, -0.1) is 0 Å². The van der Waals surface area contributed by atoms with Crippen molar-refractivity contribution in [2.45, 2.75) is 60.7 Å². The Bertz CT molecular complexity index is 1320. The molecule has 0 radical (unpaired) electrons. The molecule has 4 rings (SSSR count). The van der Waals surface area contributed by atoms with E-state index in [1.54, 1.807) is 11.0 Å². The predicted molar refractivity (Wildman–Crippen MR) is 182 cm³/mol. The Kier molecular flexibility index (Phi) is 8.94. The maximum Gasteiger partial charge on any atom is 0.255 e. The summed E-state index contributed by atoms with van der Waals surface area (Å²) in [5, 5.41) is 15.6. The molecule has 214 valence electrons. The molecule has 42 heavy (non-hydrogen) atoms. The second-order valence-corrected chi connectivity index (χ2v) is 13.2. The van der Waals surface area contributed by atoms with Gasteiger partial charge in [-0.05, 0) is 41.5 Å². The normalized spacial score (nSPS) is 29.3. The number of ether oxygens (including phenoxy) is 1. The van der Waals surface area contributed by atoms with E-state index in [-0.39, 0.29) is 18.2 Å². The first kappa shape index (κ1) is 32.1. The number of benzene rings is 1. The molecule has 3 heterocycles. The fourth-order valence-corrected chi connectivity index (χ4v) is 6.00. The first-order valence-corrected chi connectivity index (χ1v) is 14.7. The minimum Gasteiger partial charge on any atom is -0.400 e. The number of imide groups is 1. The third-order valence-corrected chi connectivity index (χ3v) is 9.49. The van der Waals surface area contributed by atoms with Crippen LogP contribution >= 0.6 is 0 Å². The zero-order valence-corrected chi connectivity index (χ0v) is 26.2. The zero-order valence-electron chi connectivity index (χ0n) is 26.2. The lowest BCUT2D eigenvalue weighted by Gasteiger charge is -2.67. The summed E-state index contributed by atoms with van der Waals surface area (Å²) < 4.78 is 6.38. The lowest BCUT2D eigenvalue weighted by molar-refractivity contribution is -0.220. The molecule has 0 spiro atoms. The van der Waals surface area contributed by atoms with Crippen LogP contribution in [0, 0.1) is 0 Å². The smallest absolute Gasteiger partial charge is 0.255 e. The molecule has 2 atom stereocenters. The second kappa shape index (κ2) is 11.7. The van der Waals surface area contributed by atoms with Gasteiger partial charge in [0.25, 0.3) is 5.91 Å². The molecule has 0 bridgehead atoms. The summed E-state index contributed by atoms with van der Waals surface area (Å²) in [5.41, 5.74) is 2.29. The highest BCUT2D eigenvalue weighted by Crippen LogP contribution is 2.41. The Morgan fingerprint density at radius 1 is 1.05 bits per heavy atom. The molecule has 3 amide bonds. The standard InChI is InChI=1S/C26H39B7N4O5/c1-2-3-4-18-17(14-36(22(18)40)19-9-10-20(38)35-21(19)39)12-34-11-15-5-7-16(8-6-15)13-37-23(27,28)24(29,30)42-25(31,32)26(37,33)41/h2-8,12,19,34,41H,9-11,13-14,27-33H2,1H3,(H,35,38,39)/b3-2-,17-12+,18-4+. The maximum absolute atomic E-state index is 13.2. The van der Waals surface area contributed by atoms with Crippen LogP contribution in [0.25, 0.3) is 0 Å². The summed E-state index contributed by atoms with van der Waals surface area (Å²) >= 11 is 0. The summed E-state index contributed by atoms with van der Waals surface area (Å²) in [6.45, 7) is 3.28. The molecule has 9 nitrogen and oxygen atoms in total. The molecule has 3 aliphatic heterocycles. The maximum atomic E-state index is 13.2. The number of hydrogen-bond acceptors (Lipinski definition) is 7. The monoisotopic (exact) mass is 564 g/mol. The number of carbonyl (C=O) groups is 3. The number of hydrogen-bond donors (Lipinski definition) is 3. The van der Waals surface area contributed by atoms with Crippen molar-refractivity contribution in [2.75, 3.05) is 6.54 Å². The highest BCUT2D eigenvalue weighted by Gasteiger charge is 2.59. The number of carbonyl (C=O) groups excluding carboxylic acids is 3. The van der Waals surface area contributed by atoms with E-state index in [1.807, 2.05) is 48.8 Å². The molecule has 2 unspecified atom stereocenters. The number of aliphatic hydroxyl groups is 1. The molecular formula is C26H39B7N4O5. The van der Waals surface area contributed by atoms with Gasteiger partial charge in [-0.2, -0.15) is 0 Å². The minimum absolute atomic E-state index is 0.215. The molecule has 0 aromatic heterocycles. The Labute approximate surface area is 255 Å². The van der Waals surface area contributed by atoms with E-state index in [9.17, 15) is 19.5 Å². The summed E-state index contributed by atoms with van der Waals surface area (Å²) in [6, 6.07) is 7.62. The van der Waals surface area contributed by atoms with Crippen molar-refractivity contribution < 1.29 is 24.2 Å². The van der Waals surface area contributed by atoms with Gasteiger partial charge < -0.3 is 20.1 Å². The van der Waals surface area contributed by atoms with Crippen LogP contribution in [0.3, 0.4) is 0 Å². The third kappa shape index (κ3) is 5.99. The number of nitrogens with zero attached hydrogens (tertiary/aromatic N) is 2. The number of allylic oxidation sites excluding steroid dienone is 3. The van der Waals surface area contributed by atoms with E-state index < -0.39 is 33.7 Å². The number of rotatable bonds is 7. The summed E-state index contributed by atoms with van der Waals surface area (Å²) in [7, 11) is 14.0. The van der Waals surface area contributed by atoms with Crippen LogP contribution in [0.2, 0.25) is 0 Å². The van der Waals surface area contributed by atoms with Crippen LogP contribution in [0.1, 0.15) is 30.9 Å². The zero-order chi connectivity index (χ0) is 31.1. The Morgan fingerprint density at radius 2 is 1.69 bits per heavy atom. The van der Waals surface area contributed by atoms with Crippen molar-refractivity contribution in [3.8, 4) is 0 Å². The van der Waals surface area contributed by atoms with Gasteiger partial charge in [-0.1, -0.05) is 36.4 Å². The topological polar surface area (TPSA) is 111 Å². The number of amides is 3. The SMILES string of the molecule is BC1(B)OC(B)(B)C(B)(O)N(Cc2ccc(CN\C=C3/CN(C4CCC(=O)NC4=O)C(=O)/C3=C/C=C\C)cc2)C1(B)B. The van der Waals surface area contributed by atoms with Gasteiger partial charge in [0, 0.05) is 48.6 Å². The average Bonchev–Trinajstić information content (AvgIpc) is 3.19. The summed E-state index contributed by atoms with van der Waals surface area (Å²) in [5.74, 6) is -0.940. The Balaban J connectivity index is 1.46. The van der Waals surface area contributed by atoms with Crippen molar-refractivity contribution in [1.29, 1.82) is 0 Å². The molecule has 3 fully saturated rings. The van der Waals surface area contributed by atoms with E-state index in [0.29, 0.717) is 31.6 Å². The molecule has 1 aromatic carbocycles. The lowest BCUT2D eigenvalue weighted by atomic mass is 9.35. The molecule has 3 aliphatic rings. The summed E-state index contributed by atoms with van der Waals surface area (Å²) in [4.78, 5) is 40.9. The molecule has 0 aliphatic carbocycles. The fraction of sp³-hybridized carbons (Fsp3) is 0.423. The van der Waals surface area contributed by atoms with Gasteiger partial charge >= 0.3 is 0 Å². The minimum atomic E-state index is -1.18. The highest BCUT2D eigenvalue weighted by molar-refractivity contribution is 6.55. The van der Waals surface area contributed by atoms with E-state index in [0.717, 1.165) is 16.7 Å². The number of likely N-dealkylation sites (tertiary alicyclic amines) is 1. The Hall–Kier alpha value is -2.82. The van der Waals surface area contributed by atoms with E-state index >= 15 is 0 Å². The Morgan fingerprint density at radius 3 is 2.31 bits per heavy atom. The van der Waals surface area contributed by atoms with Gasteiger partial charge in [-0.25, -0.2) is 0 Å². The van der Waals surface area contributed by atoms with Crippen molar-refractivity contribution in [1.82, 2.24) is 20.4 Å². The van der Waals surface area contributed by atoms with Crippen molar-refractivity contribution in [3.05, 3.63) is 71.0 Å². The van der Waals surface area contributed by atoms with Crippen LogP contribution in [0.15, 0.2) is 59.8 Å².